The molecule has 8 heteroatoms. The highest BCUT2D eigenvalue weighted by molar-refractivity contribution is 5.97. The van der Waals surface area contributed by atoms with E-state index in [4.69, 9.17) is 0 Å². The Labute approximate surface area is 191 Å². The van der Waals surface area contributed by atoms with Crippen molar-refractivity contribution in [1.82, 2.24) is 30.0 Å². The molecule has 4 aromatic rings. The van der Waals surface area contributed by atoms with Crippen LogP contribution in [0.2, 0.25) is 0 Å². The van der Waals surface area contributed by atoms with Gasteiger partial charge in [0.05, 0.1) is 22.6 Å². The lowest BCUT2D eigenvalue weighted by Gasteiger charge is -2.38. The highest BCUT2D eigenvalue weighted by Crippen LogP contribution is 2.26. The molecule has 0 radical (unpaired) electrons. The summed E-state index contributed by atoms with van der Waals surface area (Å²) >= 11 is 0. The molecule has 168 valence electrons. The molecule has 5 rings (SSSR count). The molecule has 1 aliphatic heterocycles. The van der Waals surface area contributed by atoms with E-state index in [0.717, 1.165) is 33.7 Å². The quantitative estimate of drug-likeness (QED) is 0.480. The first-order valence-electron chi connectivity index (χ1n) is 11.1. The zero-order valence-electron chi connectivity index (χ0n) is 18.7. The maximum atomic E-state index is 12.9. The summed E-state index contributed by atoms with van der Waals surface area (Å²) in [6.07, 6.45) is 0.655. The van der Waals surface area contributed by atoms with Crippen molar-refractivity contribution >= 4 is 22.8 Å². The Morgan fingerprint density at radius 3 is 2.58 bits per heavy atom. The molecule has 1 saturated heterocycles. The Balaban J connectivity index is 1.14. The van der Waals surface area contributed by atoms with E-state index in [2.05, 4.69) is 25.1 Å². The third-order valence-electron chi connectivity index (χ3n) is 6.34. The van der Waals surface area contributed by atoms with Gasteiger partial charge in [-0.1, -0.05) is 42.5 Å². The second-order valence-corrected chi connectivity index (χ2v) is 8.46. The average Bonchev–Trinajstić information content (AvgIpc) is 3.33. The number of fused-ring (bicyclic) bond motifs is 1. The van der Waals surface area contributed by atoms with E-state index in [9.17, 15) is 9.59 Å². The van der Waals surface area contributed by atoms with Crippen molar-refractivity contribution in [3.63, 3.8) is 0 Å². The van der Waals surface area contributed by atoms with E-state index in [1.54, 1.807) is 4.90 Å². The second-order valence-electron chi connectivity index (χ2n) is 8.46. The van der Waals surface area contributed by atoms with Crippen LogP contribution in [0.1, 0.15) is 21.9 Å². The number of aromatic nitrogens is 4. The van der Waals surface area contributed by atoms with Crippen molar-refractivity contribution in [2.75, 3.05) is 19.6 Å². The second kappa shape index (κ2) is 8.54. The maximum absolute atomic E-state index is 12.9. The molecule has 2 aromatic heterocycles. The van der Waals surface area contributed by atoms with Crippen LogP contribution < -0.4 is 5.32 Å². The Hall–Kier alpha value is -3.94. The number of para-hydroxylation sites is 2. The van der Waals surface area contributed by atoms with Crippen LogP contribution in [0.5, 0.6) is 0 Å². The van der Waals surface area contributed by atoms with Gasteiger partial charge in [0.25, 0.3) is 5.91 Å². The fourth-order valence-corrected chi connectivity index (χ4v) is 4.31. The minimum Gasteiger partial charge on any atom is -0.355 e. The smallest absolute Gasteiger partial charge is 0.272 e. The Morgan fingerprint density at radius 2 is 1.82 bits per heavy atom. The van der Waals surface area contributed by atoms with Crippen LogP contribution in [0.15, 0.2) is 54.6 Å². The molecule has 0 bridgehead atoms. The van der Waals surface area contributed by atoms with Crippen LogP contribution in [-0.2, 0) is 18.3 Å². The van der Waals surface area contributed by atoms with Crippen LogP contribution in [0, 0.1) is 12.8 Å². The fourth-order valence-electron chi connectivity index (χ4n) is 4.31. The van der Waals surface area contributed by atoms with Crippen molar-refractivity contribution in [3.8, 4) is 11.3 Å². The number of nitrogens with zero attached hydrogens (tertiary/aromatic N) is 4. The van der Waals surface area contributed by atoms with Crippen LogP contribution in [0.3, 0.4) is 0 Å². The number of amides is 2. The highest BCUT2D eigenvalue weighted by atomic mass is 16.2. The van der Waals surface area contributed by atoms with Crippen molar-refractivity contribution in [2.24, 2.45) is 13.0 Å². The lowest BCUT2D eigenvalue weighted by atomic mass is 9.97. The van der Waals surface area contributed by atoms with Crippen molar-refractivity contribution < 1.29 is 9.59 Å². The number of benzene rings is 2. The van der Waals surface area contributed by atoms with Gasteiger partial charge in [0.15, 0.2) is 0 Å². The number of likely N-dealkylation sites (tertiary alicyclic amines) is 1. The molecule has 33 heavy (non-hydrogen) atoms. The molecule has 1 aliphatic rings. The van der Waals surface area contributed by atoms with Crippen molar-refractivity contribution in [1.29, 1.82) is 0 Å². The molecule has 1 fully saturated rings. The number of carbonyl (C=O) groups is 2. The van der Waals surface area contributed by atoms with E-state index in [1.807, 2.05) is 68.6 Å². The van der Waals surface area contributed by atoms with Gasteiger partial charge in [-0.25, -0.2) is 4.98 Å². The zero-order chi connectivity index (χ0) is 22.9. The van der Waals surface area contributed by atoms with Gasteiger partial charge in [-0.15, -0.1) is 0 Å². The number of hydrogen-bond acceptors (Lipinski definition) is 4. The number of H-pyrrole nitrogens is 1. The summed E-state index contributed by atoms with van der Waals surface area (Å²) in [5.74, 6) is 0.604. The summed E-state index contributed by atoms with van der Waals surface area (Å²) in [6.45, 7) is 3.23. The average molecular weight is 443 g/mol. The largest absolute Gasteiger partial charge is 0.355 e. The minimum atomic E-state index is -0.189. The Morgan fingerprint density at radius 1 is 1.09 bits per heavy atom. The molecular weight excluding hydrogens is 416 g/mol. The predicted octanol–water partition coefficient (Wildman–Crippen LogP) is 2.70. The molecule has 0 aliphatic carbocycles. The molecule has 3 heterocycles. The highest BCUT2D eigenvalue weighted by Gasteiger charge is 2.37. The first kappa shape index (κ1) is 20.9. The number of aromatic amines is 1. The molecule has 0 unspecified atom stereocenters. The summed E-state index contributed by atoms with van der Waals surface area (Å²) in [7, 11) is 1.99. The topological polar surface area (TPSA) is 95.9 Å². The fraction of sp³-hybridized carbons (Fsp3) is 0.280. The number of aryl methyl sites for hydroxylation is 1. The summed E-state index contributed by atoms with van der Waals surface area (Å²) in [4.78, 5) is 31.8. The molecule has 0 spiro atoms. The number of nitrogens with one attached hydrogen (secondary N) is 2. The van der Waals surface area contributed by atoms with Gasteiger partial charge < -0.3 is 14.8 Å². The van der Waals surface area contributed by atoms with Crippen LogP contribution in [-0.4, -0.2) is 56.1 Å². The lowest BCUT2D eigenvalue weighted by molar-refractivity contribution is -0.128. The minimum absolute atomic E-state index is 0.0240. The molecule has 2 N–H and O–H groups in total. The van der Waals surface area contributed by atoms with Gasteiger partial charge >= 0.3 is 0 Å². The summed E-state index contributed by atoms with van der Waals surface area (Å²) < 4.78 is 2.06. The van der Waals surface area contributed by atoms with E-state index in [-0.39, 0.29) is 17.7 Å². The summed E-state index contributed by atoms with van der Waals surface area (Å²) in [6, 6.07) is 17.8. The van der Waals surface area contributed by atoms with Gasteiger partial charge in [0.1, 0.15) is 11.5 Å². The lowest BCUT2D eigenvalue weighted by Crippen LogP contribution is -2.56. The number of imidazole rings is 1. The van der Waals surface area contributed by atoms with Gasteiger partial charge in [-0.3, -0.25) is 14.7 Å². The SMILES string of the molecule is Cc1c(-c2ccccc2)n[nH]c1C(=O)N1CC(C(=O)NCCc2nc3ccccc3n2C)C1. The molecule has 0 atom stereocenters. The Kier molecular flexibility index (Phi) is 5.42. The molecular formula is C25H26N6O2. The van der Waals surface area contributed by atoms with Crippen LogP contribution >= 0.6 is 0 Å². The standard InChI is InChI=1S/C25H26N6O2/c1-16-22(17-8-4-3-5-9-17)28-29-23(16)25(33)31-14-18(15-31)24(32)26-13-12-21-27-19-10-6-7-11-20(19)30(21)2/h3-11,18H,12-15H2,1-2H3,(H,26,32)(H,28,29). The predicted molar refractivity (Wildman–Crippen MR) is 126 cm³/mol. The van der Waals surface area contributed by atoms with Crippen molar-refractivity contribution in [2.45, 2.75) is 13.3 Å². The first-order valence-corrected chi connectivity index (χ1v) is 11.1. The third-order valence-corrected chi connectivity index (χ3v) is 6.34. The van der Waals surface area contributed by atoms with Crippen molar-refractivity contribution in [3.05, 3.63) is 71.7 Å². The summed E-state index contributed by atoms with van der Waals surface area (Å²) in [5, 5.41) is 10.2. The summed E-state index contributed by atoms with van der Waals surface area (Å²) in [5.41, 5.74) is 5.08. The molecule has 0 saturated carbocycles. The maximum Gasteiger partial charge on any atom is 0.272 e. The number of carbonyl (C=O) groups excluding carboxylic acids is 2. The van der Waals surface area contributed by atoms with E-state index in [1.165, 1.54) is 0 Å². The third kappa shape index (κ3) is 3.88. The zero-order valence-corrected chi connectivity index (χ0v) is 18.7. The normalized spacial score (nSPS) is 13.8. The van der Waals surface area contributed by atoms with Crippen LogP contribution in [0.4, 0.5) is 0 Å². The van der Waals surface area contributed by atoms with E-state index >= 15 is 0 Å². The van der Waals surface area contributed by atoms with Gasteiger partial charge in [0.2, 0.25) is 5.91 Å². The Bertz CT molecular complexity index is 1320. The molecule has 8 nitrogen and oxygen atoms in total. The van der Waals surface area contributed by atoms with Gasteiger partial charge in [-0.05, 0) is 19.1 Å². The number of hydrogen-bond donors (Lipinski definition) is 2. The van der Waals surface area contributed by atoms with E-state index in [0.29, 0.717) is 31.7 Å². The van der Waals surface area contributed by atoms with Gasteiger partial charge in [0, 0.05) is 44.2 Å². The van der Waals surface area contributed by atoms with Gasteiger partial charge in [-0.2, -0.15) is 5.10 Å². The molecule has 2 aromatic carbocycles. The first-order chi connectivity index (χ1) is 16.0. The van der Waals surface area contributed by atoms with E-state index < -0.39 is 0 Å². The van der Waals surface area contributed by atoms with Crippen LogP contribution in [0.25, 0.3) is 22.3 Å². The number of rotatable bonds is 6. The monoisotopic (exact) mass is 442 g/mol. The molecule has 2 amide bonds.